The van der Waals surface area contributed by atoms with Crippen LogP contribution < -0.4 is 46.2 Å². The van der Waals surface area contributed by atoms with E-state index < -0.39 is 72.9 Å². The number of nitrogens with zero attached hydrogens (tertiary/aromatic N) is 7. The summed E-state index contributed by atoms with van der Waals surface area (Å²) >= 11 is 29.0. The van der Waals surface area contributed by atoms with E-state index in [2.05, 4.69) is 152 Å². The summed E-state index contributed by atoms with van der Waals surface area (Å²) in [6.45, 7) is 0. The largest absolute Gasteiger partial charge is 1.00 e. The molecule has 0 aliphatic carbocycles. The number of carbonyl (C=O) groups is 2. The third-order valence-electron chi connectivity index (χ3n) is 13.7. The molecule has 0 saturated carbocycles. The molecule has 16 aromatic rings. The van der Waals surface area contributed by atoms with Crippen molar-refractivity contribution in [3.63, 3.8) is 0 Å². The maximum Gasteiger partial charge on any atom is 1.00 e. The number of aliphatic carboxylic acids is 2. The van der Waals surface area contributed by atoms with Gasteiger partial charge in [-0.3, -0.25) is 23.3 Å². The van der Waals surface area contributed by atoms with Gasteiger partial charge in [-0.2, -0.15) is 8.42 Å². The Bertz CT molecular complexity index is 6210. The van der Waals surface area contributed by atoms with Gasteiger partial charge in [0, 0.05) is 133 Å². The first kappa shape index (κ1) is 116. The zero-order valence-electron chi connectivity index (χ0n) is 60.9. The smallest absolute Gasteiger partial charge is 0.748 e. The summed E-state index contributed by atoms with van der Waals surface area (Å²) in [5, 5.41) is 68.4. The summed E-state index contributed by atoms with van der Waals surface area (Å²) in [6.07, 6.45) is -0.100. The molecule has 8 heterocycles. The molecular formula is C68H65AcBr5Cl5N9NaO28PS4. The predicted octanol–water partition coefficient (Wildman–Crippen LogP) is 14.8. The Kier molecular flexibility index (Phi) is 54.2. The molecule has 0 aliphatic heterocycles. The van der Waals surface area contributed by atoms with Crippen LogP contribution in [0.25, 0.3) is 87.8 Å². The average molecular weight is 2440 g/mol. The fourth-order valence-corrected chi connectivity index (χ4v) is 12.3. The quantitative estimate of drug-likeness (QED) is 0.0107. The number of alkyl halides is 3. The molecule has 1 unspecified atom stereocenters. The fourth-order valence-electron chi connectivity index (χ4n) is 9.23. The van der Waals surface area contributed by atoms with E-state index in [1.165, 1.54) is 0 Å². The number of sulfonamides is 1. The zero-order valence-corrected chi connectivity index (χ0v) is 83.6. The van der Waals surface area contributed by atoms with Crippen molar-refractivity contribution in [2.24, 2.45) is 11.0 Å². The van der Waals surface area contributed by atoms with Gasteiger partial charge in [-0.05, 0) is 131 Å². The van der Waals surface area contributed by atoms with E-state index in [9.17, 15) is 53.9 Å². The first-order valence-corrected chi connectivity index (χ1v) is 49.6. The normalized spacial score (nSPS) is 10.7. The molecule has 0 bridgehead atoms. The van der Waals surface area contributed by atoms with Crippen LogP contribution in [0.1, 0.15) is 53.5 Å². The Hall–Kier alpha value is -5.96. The number of carboxylic acid groups (broad SMARTS) is 2. The van der Waals surface area contributed by atoms with E-state index >= 15 is 0 Å². The second-order valence-electron chi connectivity index (χ2n) is 21.8. The second-order valence-corrected chi connectivity index (χ2v) is 37.2. The molecule has 8 aromatic heterocycles. The number of halogens is 10. The van der Waals surface area contributed by atoms with Crippen LogP contribution in [0.3, 0.4) is 0 Å². The van der Waals surface area contributed by atoms with Gasteiger partial charge in [0.05, 0.1) is 23.6 Å². The van der Waals surface area contributed by atoms with E-state index in [0.29, 0.717) is 77.8 Å². The Morgan fingerprint density at radius 1 is 0.484 bits per heavy atom. The molecule has 122 heavy (non-hydrogen) atoms. The van der Waals surface area contributed by atoms with E-state index in [1.807, 2.05) is 66.7 Å². The van der Waals surface area contributed by atoms with Crippen LogP contribution in [-0.2, 0) is 88.1 Å². The van der Waals surface area contributed by atoms with Crippen LogP contribution in [0.4, 0.5) is 0 Å². The topological polar surface area (TPSA) is 628 Å². The third kappa shape index (κ3) is 41.2. The first-order chi connectivity index (χ1) is 55.3. The summed E-state index contributed by atoms with van der Waals surface area (Å²) in [4.78, 5) is 31.1. The predicted molar refractivity (Wildman–Crippen MR) is 470 cm³/mol. The van der Waals surface area contributed by atoms with Crippen molar-refractivity contribution in [2.45, 2.75) is 46.6 Å². The van der Waals surface area contributed by atoms with Crippen LogP contribution in [0.2, 0.25) is 0 Å². The molecule has 0 amide bonds. The molecule has 0 saturated heterocycles. The summed E-state index contributed by atoms with van der Waals surface area (Å²) in [5.41, 5.74) is 8.02. The Morgan fingerprint density at radius 3 is 1.02 bits per heavy atom. The molecule has 0 fully saturated rings. The van der Waals surface area contributed by atoms with Gasteiger partial charge in [0.15, 0.2) is 43.9 Å². The van der Waals surface area contributed by atoms with E-state index in [1.54, 1.807) is 127 Å². The number of nitrogens with two attached hydrogens (primary N) is 2. The molecule has 0 aliphatic rings. The molecule has 1 atom stereocenters. The minimum Gasteiger partial charge on any atom is -0.748 e. The monoisotopic (exact) mass is 2430 g/mol. The first-order valence-electron chi connectivity index (χ1n) is 31.2. The maximum absolute atomic E-state index is 10.8. The van der Waals surface area contributed by atoms with Gasteiger partial charge >= 0.3 is 62.7 Å². The van der Waals surface area contributed by atoms with Gasteiger partial charge in [0.2, 0.25) is 19.1 Å². The SMILES string of the molecule is BrBr.BrCc1noc2ccccc12.BrCc1noc2ccccc12.C.Cl.NO.NS(=O)(=O)Cc1noc2ccccc12.O.O=C(O)C(Br)c1noc2ccccc12.O=C(O)Cc1noc2ccccc12.O=P(Cl)(Cl)Cl.O=S(=O)(Cl)Cc1noc2ccccc12.O=S(=O)(O)O.O=S(=O)([O-])Cc1noc2ccccc12.O=c1cc(O)c2ccccc2o1.[2HH].[Ac].[Na+]. The number of para-hydroxylation sites is 8. The zero-order chi connectivity index (χ0) is 86.8. The van der Waals surface area contributed by atoms with E-state index in [4.69, 9.17) is 84.8 Å². The maximum atomic E-state index is 10.8. The molecule has 1 radical (unpaired) electrons. The second kappa shape index (κ2) is 57.0. The van der Waals surface area contributed by atoms with Crippen molar-refractivity contribution in [3.05, 3.63) is 250 Å². The molecule has 37 nitrogen and oxygen atoms in total. The molecule has 653 valence electrons. The number of carboxylic acids is 2. The third-order valence-corrected chi connectivity index (χ3v) is 17.9. The number of hydrogen-bond donors (Lipinski definition) is 8. The standard InChI is InChI=1S/C9H6BrNO3.C9H7NO3.C9H6O3.2C8H6BrNO.C8H6ClNO3S.C8H8N2O3S.C8H7NO4S.CH4.Ac.Br2.Cl3OP.ClH.H3NO.Na.H2O4S.H2O.H2/c10-7(9(12)13)8-5-3-1-2-4-6(5)14-11-8;11-9(12)5-7-6-3-1-2-4-8(6)13-10-7;10-7-5-9(11)12-8-4-2-1-3-6(7)8;2*9-5-7-6-3-1-2-4-8(6)11-10-7;2*9-14(11,12)5-7-6-3-1-2-4-8(6)13-10-7;10-14(11,12)5-7-6-3-1-2-4-8(6)13-9-7;;;1-2;1-5(2,3)4;;1-2;;1-5(2,3)4;;/h1-4,7H,(H,12,13);1-4H,5H2,(H,11,12);1-5,10H;2*1-4H,5H2;1-4H,5H2;1-4H,5H2,(H2,9,11,12);1-4H,5H2,(H,10,11,12);1H4;;;;1H;2H,1H2;;(H2,1,2,3,4);1H2;1H/q;;;;;;;;;;;;;;+1;;;/p-1/i;;;;;;;;;;;;;;;;;1+1. The van der Waals surface area contributed by atoms with Crippen molar-refractivity contribution in [3.8, 4) is 5.75 Å². The van der Waals surface area contributed by atoms with E-state index in [0.717, 1.165) is 60.8 Å². The van der Waals surface area contributed by atoms with Crippen molar-refractivity contribution < 1.29 is 199 Å². The van der Waals surface area contributed by atoms with Gasteiger partial charge < -0.3 is 66.6 Å². The average Bonchev–Trinajstić information content (AvgIpc) is 1.63. The molecular weight excluding hydrogens is 2380 g/mol. The molecule has 16 rings (SSSR count). The van der Waals surface area contributed by atoms with Gasteiger partial charge in [0.1, 0.15) is 72.8 Å². The van der Waals surface area contributed by atoms with Gasteiger partial charge in [0.25, 0.3) is 0 Å². The van der Waals surface area contributed by atoms with Crippen molar-refractivity contribution in [2.75, 3.05) is 0 Å². The van der Waals surface area contributed by atoms with Crippen LogP contribution in [-0.4, -0.2) is 121 Å². The van der Waals surface area contributed by atoms with Crippen LogP contribution in [0.5, 0.6) is 5.75 Å². The van der Waals surface area contributed by atoms with Crippen LogP contribution in [0, 0.1) is 44.1 Å². The Morgan fingerprint density at radius 2 is 0.730 bits per heavy atom. The Labute approximate surface area is 815 Å². The van der Waals surface area contributed by atoms with E-state index in [-0.39, 0.29) is 130 Å². The minimum atomic E-state index is -4.67. The Balaban J connectivity index is 0. The summed E-state index contributed by atoms with van der Waals surface area (Å²) < 4.78 is 155. The van der Waals surface area contributed by atoms with Crippen molar-refractivity contribution in [1.82, 2.24) is 36.1 Å². The summed E-state index contributed by atoms with van der Waals surface area (Å²) in [5.74, 6) is 0.324. The number of aromatic hydroxyl groups is 1. The van der Waals surface area contributed by atoms with Gasteiger partial charge in [-0.15, -0.1) is 12.4 Å². The summed E-state index contributed by atoms with van der Waals surface area (Å²) in [6, 6.07) is 58.7. The van der Waals surface area contributed by atoms with Crippen LogP contribution in [0.15, 0.2) is 241 Å². The number of primary sulfonamides is 1. The van der Waals surface area contributed by atoms with Crippen molar-refractivity contribution in [1.29, 1.82) is 0 Å². The number of benzene rings is 8. The van der Waals surface area contributed by atoms with Gasteiger partial charge in [-0.1, -0.05) is 188 Å². The number of fused-ring (bicyclic) bond motifs is 8. The fraction of sp³-hybridized carbons (Fsp3) is 0.118. The van der Waals surface area contributed by atoms with Crippen molar-refractivity contribution >= 4 is 277 Å². The number of rotatable bonds is 12. The summed E-state index contributed by atoms with van der Waals surface area (Å²) in [7, 11) is -11.0. The van der Waals surface area contributed by atoms with Crippen LogP contribution >= 0.6 is 138 Å². The number of aromatic nitrogens is 7. The molecule has 0 spiro atoms. The molecule has 12 N–H and O–H groups in total. The molecule has 54 heteroatoms. The van der Waals surface area contributed by atoms with Gasteiger partial charge in [-0.25, -0.2) is 41.1 Å². The minimum absolute atomic E-state index is 0. The molecule has 8 aromatic carbocycles. The number of hydrogen-bond acceptors (Lipinski definition) is 31.